The minimum absolute atomic E-state index is 0.177. The highest BCUT2D eigenvalue weighted by Crippen LogP contribution is 2.31. The van der Waals surface area contributed by atoms with Gasteiger partial charge in [0.25, 0.3) is 0 Å². The number of rotatable bonds is 2. The normalized spacial score (nSPS) is 9.21. The lowest BCUT2D eigenvalue weighted by atomic mass is 10.1. The summed E-state index contributed by atoms with van der Waals surface area (Å²) in [5.74, 6) is 0.203. The minimum Gasteiger partial charge on any atom is -0.490 e. The molecule has 0 aliphatic carbocycles. The van der Waals surface area contributed by atoms with Crippen LogP contribution in [0.4, 0.5) is 5.69 Å². The molecule has 1 rings (SSSR count). The molecule has 0 unspecified atom stereocenters. The van der Waals surface area contributed by atoms with Crippen LogP contribution in [0, 0.1) is 28.4 Å². The molecule has 72 valence electrons. The summed E-state index contributed by atoms with van der Waals surface area (Å²) in [6.45, 7) is 1.66. The van der Waals surface area contributed by atoms with Gasteiger partial charge in [-0.05, 0) is 18.6 Å². The van der Waals surface area contributed by atoms with Gasteiger partial charge in [0.15, 0.2) is 5.75 Å². The van der Waals surface area contributed by atoms with Crippen LogP contribution in [0.2, 0.25) is 0 Å². The number of nitro groups is 1. The van der Waals surface area contributed by atoms with E-state index in [1.807, 2.05) is 6.07 Å². The molecular formula is C9H8N2O3. The fourth-order valence-corrected chi connectivity index (χ4v) is 1.22. The van der Waals surface area contributed by atoms with E-state index in [4.69, 9.17) is 10.00 Å². The molecule has 0 bridgehead atoms. The number of benzene rings is 1. The Labute approximate surface area is 80.7 Å². The standard InChI is InChI=1S/C9H8N2O3/c1-6-3-7(5-10)4-8(11(12)13)9(6)14-2/h3-4H,1-2H3. The average Bonchev–Trinajstić information content (AvgIpc) is 2.16. The maximum absolute atomic E-state index is 10.6. The summed E-state index contributed by atoms with van der Waals surface area (Å²) in [4.78, 5) is 10.1. The van der Waals surface area contributed by atoms with Crippen LogP contribution in [0.25, 0.3) is 0 Å². The Morgan fingerprint density at radius 2 is 2.21 bits per heavy atom. The van der Waals surface area contributed by atoms with E-state index in [1.165, 1.54) is 13.2 Å². The van der Waals surface area contributed by atoms with Crippen molar-refractivity contribution in [2.24, 2.45) is 0 Å². The number of hydrogen-bond donors (Lipinski definition) is 0. The molecule has 14 heavy (non-hydrogen) atoms. The van der Waals surface area contributed by atoms with Crippen molar-refractivity contribution >= 4 is 5.69 Å². The predicted octanol–water partition coefficient (Wildman–Crippen LogP) is 1.78. The number of nitro benzene ring substituents is 1. The SMILES string of the molecule is COc1c(C)cc(C#N)cc1[N+](=O)[O-]. The maximum atomic E-state index is 10.6. The van der Waals surface area contributed by atoms with Crippen molar-refractivity contribution < 1.29 is 9.66 Å². The third-order valence-corrected chi connectivity index (χ3v) is 1.78. The summed E-state index contributed by atoms with van der Waals surface area (Å²) in [7, 11) is 1.36. The number of hydrogen-bond acceptors (Lipinski definition) is 4. The smallest absolute Gasteiger partial charge is 0.312 e. The summed E-state index contributed by atoms with van der Waals surface area (Å²) >= 11 is 0. The van der Waals surface area contributed by atoms with Gasteiger partial charge in [-0.1, -0.05) is 0 Å². The molecule has 0 radical (unpaired) electrons. The van der Waals surface area contributed by atoms with E-state index in [0.717, 1.165) is 0 Å². The molecule has 0 saturated carbocycles. The first-order valence-electron chi connectivity index (χ1n) is 3.83. The van der Waals surface area contributed by atoms with Gasteiger partial charge in [-0.25, -0.2) is 0 Å². The van der Waals surface area contributed by atoms with Crippen molar-refractivity contribution in [3.8, 4) is 11.8 Å². The molecule has 0 N–H and O–H groups in total. The number of methoxy groups -OCH3 is 1. The Morgan fingerprint density at radius 3 is 2.64 bits per heavy atom. The van der Waals surface area contributed by atoms with Crippen molar-refractivity contribution in [1.29, 1.82) is 5.26 Å². The van der Waals surface area contributed by atoms with Crippen molar-refractivity contribution in [1.82, 2.24) is 0 Å². The van der Waals surface area contributed by atoms with E-state index in [1.54, 1.807) is 13.0 Å². The molecule has 0 atom stereocenters. The van der Waals surface area contributed by atoms with Gasteiger partial charge in [0.05, 0.1) is 23.7 Å². The van der Waals surface area contributed by atoms with E-state index in [0.29, 0.717) is 5.56 Å². The number of nitriles is 1. The summed E-state index contributed by atoms with van der Waals surface area (Å²) < 4.78 is 4.89. The van der Waals surface area contributed by atoms with Crippen molar-refractivity contribution in [3.05, 3.63) is 33.4 Å². The van der Waals surface area contributed by atoms with Crippen LogP contribution in [0.5, 0.6) is 5.75 Å². The Kier molecular flexibility index (Phi) is 2.67. The van der Waals surface area contributed by atoms with Crippen LogP contribution < -0.4 is 4.74 Å². The molecule has 0 spiro atoms. The molecular weight excluding hydrogens is 184 g/mol. The lowest BCUT2D eigenvalue weighted by molar-refractivity contribution is -0.385. The van der Waals surface area contributed by atoms with Gasteiger partial charge in [-0.2, -0.15) is 5.26 Å². The van der Waals surface area contributed by atoms with E-state index in [-0.39, 0.29) is 17.0 Å². The van der Waals surface area contributed by atoms with Gasteiger partial charge in [0.2, 0.25) is 0 Å². The van der Waals surface area contributed by atoms with E-state index in [9.17, 15) is 10.1 Å². The first-order valence-corrected chi connectivity index (χ1v) is 3.83. The minimum atomic E-state index is -0.563. The first-order chi connectivity index (χ1) is 6.60. The molecule has 0 fully saturated rings. The Morgan fingerprint density at radius 1 is 1.57 bits per heavy atom. The van der Waals surface area contributed by atoms with Gasteiger partial charge in [0, 0.05) is 6.07 Å². The third kappa shape index (κ3) is 1.64. The van der Waals surface area contributed by atoms with E-state index >= 15 is 0 Å². The van der Waals surface area contributed by atoms with E-state index < -0.39 is 4.92 Å². The van der Waals surface area contributed by atoms with Gasteiger partial charge in [-0.3, -0.25) is 10.1 Å². The molecule has 5 nitrogen and oxygen atoms in total. The number of aryl methyl sites for hydroxylation is 1. The third-order valence-electron chi connectivity index (χ3n) is 1.78. The topological polar surface area (TPSA) is 76.2 Å². The summed E-state index contributed by atoms with van der Waals surface area (Å²) in [5, 5.41) is 19.2. The van der Waals surface area contributed by atoms with Gasteiger partial charge in [-0.15, -0.1) is 0 Å². The second-order valence-electron chi connectivity index (χ2n) is 2.71. The van der Waals surface area contributed by atoms with Crippen LogP contribution >= 0.6 is 0 Å². The van der Waals surface area contributed by atoms with Crippen LogP contribution in [0.3, 0.4) is 0 Å². The molecule has 0 saturated heterocycles. The molecule has 0 amide bonds. The highest BCUT2D eigenvalue weighted by atomic mass is 16.6. The highest BCUT2D eigenvalue weighted by molar-refractivity contribution is 5.56. The van der Waals surface area contributed by atoms with Crippen LogP contribution in [-0.4, -0.2) is 12.0 Å². The number of nitrogens with zero attached hydrogens (tertiary/aromatic N) is 2. The summed E-state index contributed by atoms with van der Waals surface area (Å²) in [6.07, 6.45) is 0. The van der Waals surface area contributed by atoms with Gasteiger partial charge < -0.3 is 4.74 Å². The Hall–Kier alpha value is -2.09. The van der Waals surface area contributed by atoms with Gasteiger partial charge in [0.1, 0.15) is 0 Å². The number of ether oxygens (including phenoxy) is 1. The van der Waals surface area contributed by atoms with Crippen molar-refractivity contribution in [2.75, 3.05) is 7.11 Å². The zero-order valence-corrected chi connectivity index (χ0v) is 7.77. The maximum Gasteiger partial charge on any atom is 0.312 e. The lowest BCUT2D eigenvalue weighted by Crippen LogP contribution is -1.96. The van der Waals surface area contributed by atoms with Crippen molar-refractivity contribution in [2.45, 2.75) is 6.92 Å². The van der Waals surface area contributed by atoms with Crippen molar-refractivity contribution in [3.63, 3.8) is 0 Å². The average molecular weight is 192 g/mol. The highest BCUT2D eigenvalue weighted by Gasteiger charge is 2.18. The fraction of sp³-hybridized carbons (Fsp3) is 0.222. The predicted molar refractivity (Wildman–Crippen MR) is 49.1 cm³/mol. The molecule has 0 aliphatic heterocycles. The monoisotopic (exact) mass is 192 g/mol. The largest absolute Gasteiger partial charge is 0.490 e. The van der Waals surface area contributed by atoms with Crippen LogP contribution in [0.15, 0.2) is 12.1 Å². The quantitative estimate of drug-likeness (QED) is 0.528. The van der Waals surface area contributed by atoms with Crippen LogP contribution in [-0.2, 0) is 0 Å². The summed E-state index contributed by atoms with van der Waals surface area (Å²) in [6, 6.07) is 4.60. The van der Waals surface area contributed by atoms with Gasteiger partial charge >= 0.3 is 5.69 Å². The Balaban J connectivity index is 3.45. The molecule has 0 aliphatic rings. The Bertz CT molecular complexity index is 421. The lowest BCUT2D eigenvalue weighted by Gasteiger charge is -2.04. The second-order valence-corrected chi connectivity index (χ2v) is 2.71. The first kappa shape index (κ1) is 9.99. The molecule has 5 heteroatoms. The summed E-state index contributed by atoms with van der Waals surface area (Å²) in [5.41, 5.74) is 0.664. The zero-order chi connectivity index (χ0) is 10.7. The molecule has 1 aromatic carbocycles. The molecule has 0 aromatic heterocycles. The second kappa shape index (κ2) is 3.75. The van der Waals surface area contributed by atoms with Crippen LogP contribution in [0.1, 0.15) is 11.1 Å². The van der Waals surface area contributed by atoms with E-state index in [2.05, 4.69) is 0 Å². The molecule has 0 heterocycles. The fourth-order valence-electron chi connectivity index (χ4n) is 1.22. The zero-order valence-electron chi connectivity index (χ0n) is 7.77. The molecule has 1 aromatic rings.